The predicted octanol–water partition coefficient (Wildman–Crippen LogP) is 3.18. The van der Waals surface area contributed by atoms with Crippen LogP contribution in [-0.4, -0.2) is 79.3 Å². The number of ether oxygens (including phenoxy) is 3. The fraction of sp³-hybridized carbons (Fsp3) is 0.459. The average molecular weight is 659 g/mol. The second kappa shape index (κ2) is 16.0. The van der Waals surface area contributed by atoms with Crippen molar-refractivity contribution in [1.82, 2.24) is 15.5 Å². The van der Waals surface area contributed by atoms with Gasteiger partial charge in [-0.3, -0.25) is 9.59 Å². The van der Waals surface area contributed by atoms with Crippen molar-refractivity contribution in [2.75, 3.05) is 27.3 Å². The standard InChI is InChI=1S/C37H46N4O7/c1-5-24-18-23(2)47-17-9-12-30(37(44)45)40-35(42)33-21-27(22-41(33)36(43)32(19-24)38-3)48-34-16-15-29(25-10-7-6-8-11-25)39-31-20-26(46-4)13-14-28(31)34/h5,7,10-11,13-15,18,20,27,30,32-33,38H,6,8-9,12,16-17,19,21-22H2,1-4H3,(H,40,42)(H,44,45)/b23-18+,24-5+/t27-,30?,32+,33+/m1/s1. The largest absolute Gasteiger partial charge is 0.498 e. The van der Waals surface area contributed by atoms with Crippen LogP contribution >= 0.6 is 0 Å². The normalized spacial score (nSPS) is 27.3. The molecule has 11 heteroatoms. The Morgan fingerprint density at radius 1 is 1.23 bits per heavy atom. The first-order valence-corrected chi connectivity index (χ1v) is 16.7. The highest BCUT2D eigenvalue weighted by molar-refractivity contribution is 5.92. The number of rotatable bonds is 6. The highest BCUT2D eigenvalue weighted by atomic mass is 16.5. The van der Waals surface area contributed by atoms with Gasteiger partial charge in [-0.05, 0) is 82.4 Å². The van der Waals surface area contributed by atoms with Crippen LogP contribution < -0.4 is 25.9 Å². The molecule has 2 amide bonds. The SMILES string of the molecule is C/C=C1\C=C(/C)OCCCC(C(=O)O)NC(=O)[C@@H]2C[C@@H](OC3=c4ccc(OC)cc4=NC(C4=CCCC=C4)=CC3)CN2C(=O)[C@@H](NC)C1. The Balaban J connectivity index is 1.48. The number of hydrogen-bond acceptors (Lipinski definition) is 8. The molecule has 4 atom stereocenters. The third-order valence-electron chi connectivity index (χ3n) is 9.10. The molecule has 1 aromatic rings. The summed E-state index contributed by atoms with van der Waals surface area (Å²) in [6, 6.07) is 3.00. The van der Waals surface area contributed by atoms with Gasteiger partial charge in [0.1, 0.15) is 29.7 Å². The second-order valence-corrected chi connectivity index (χ2v) is 12.4. The van der Waals surface area contributed by atoms with Gasteiger partial charge in [0, 0.05) is 24.1 Å². The number of fused-ring (bicyclic) bond motifs is 2. The molecule has 256 valence electrons. The van der Waals surface area contributed by atoms with Crippen molar-refractivity contribution in [1.29, 1.82) is 0 Å². The molecule has 3 aliphatic heterocycles. The Kier molecular flexibility index (Phi) is 11.5. The van der Waals surface area contributed by atoms with Crippen LogP contribution in [0.4, 0.5) is 0 Å². The third kappa shape index (κ3) is 8.25. The number of allylic oxidation sites excluding steroid dienone is 6. The first kappa shape index (κ1) is 34.7. The Morgan fingerprint density at radius 3 is 2.77 bits per heavy atom. The highest BCUT2D eigenvalue weighted by Gasteiger charge is 2.43. The van der Waals surface area contributed by atoms with Gasteiger partial charge in [0.15, 0.2) is 0 Å². The van der Waals surface area contributed by atoms with E-state index in [9.17, 15) is 19.5 Å². The van der Waals surface area contributed by atoms with Crippen LogP contribution in [0.15, 0.2) is 82.3 Å². The monoisotopic (exact) mass is 658 g/mol. The van der Waals surface area contributed by atoms with E-state index in [0.29, 0.717) is 48.5 Å². The van der Waals surface area contributed by atoms with Crippen LogP contribution in [0.3, 0.4) is 0 Å². The van der Waals surface area contributed by atoms with Gasteiger partial charge in [-0.25, -0.2) is 9.79 Å². The molecule has 1 aliphatic carbocycles. The van der Waals surface area contributed by atoms with Gasteiger partial charge in [-0.15, -0.1) is 0 Å². The van der Waals surface area contributed by atoms with E-state index < -0.39 is 36.1 Å². The lowest BCUT2D eigenvalue weighted by Gasteiger charge is -2.29. The van der Waals surface area contributed by atoms with Crippen molar-refractivity contribution >= 4 is 23.5 Å². The van der Waals surface area contributed by atoms with Crippen LogP contribution in [0.2, 0.25) is 0 Å². The number of amides is 2. The maximum atomic E-state index is 14.2. The van der Waals surface area contributed by atoms with Crippen LogP contribution in [0.25, 0.3) is 5.76 Å². The maximum absolute atomic E-state index is 14.2. The molecule has 1 aromatic carbocycles. The molecular formula is C37H46N4O7. The Hall–Kier alpha value is -4.64. The van der Waals surface area contributed by atoms with Crippen molar-refractivity contribution < 1.29 is 33.7 Å². The number of carbonyl (C=O) groups excluding carboxylic acids is 2. The Labute approximate surface area is 281 Å². The summed E-state index contributed by atoms with van der Waals surface area (Å²) in [6.45, 7) is 4.20. The number of carboxylic acid groups (broad SMARTS) is 1. The van der Waals surface area contributed by atoms with E-state index in [1.807, 2.05) is 50.3 Å². The quantitative estimate of drug-likeness (QED) is 0.424. The molecule has 48 heavy (non-hydrogen) atoms. The molecule has 1 unspecified atom stereocenters. The predicted molar refractivity (Wildman–Crippen MR) is 181 cm³/mol. The number of carboxylic acids is 1. The van der Waals surface area contributed by atoms with Crippen molar-refractivity contribution in [2.45, 2.75) is 83.0 Å². The highest BCUT2D eigenvalue weighted by Crippen LogP contribution is 2.28. The number of hydrogen-bond donors (Lipinski definition) is 3. The zero-order valence-corrected chi connectivity index (χ0v) is 28.2. The van der Waals surface area contributed by atoms with Crippen LogP contribution in [0, 0.1) is 0 Å². The molecule has 0 saturated carbocycles. The molecule has 3 heterocycles. The summed E-state index contributed by atoms with van der Waals surface area (Å²) in [5.74, 6) is 0.101. The molecule has 0 aromatic heterocycles. The van der Waals surface area contributed by atoms with Gasteiger partial charge in [0.2, 0.25) is 11.8 Å². The fourth-order valence-electron chi connectivity index (χ4n) is 6.47. The van der Waals surface area contributed by atoms with Crippen molar-refractivity contribution in [3.05, 3.63) is 87.8 Å². The van der Waals surface area contributed by atoms with Gasteiger partial charge >= 0.3 is 5.97 Å². The lowest BCUT2D eigenvalue weighted by Crippen LogP contribution is -2.54. The minimum Gasteiger partial charge on any atom is -0.498 e. The number of likely N-dealkylation sites (N-methyl/N-ethyl adjacent to an activating group) is 1. The smallest absolute Gasteiger partial charge is 0.326 e. The number of benzene rings is 1. The zero-order valence-electron chi connectivity index (χ0n) is 28.2. The molecule has 0 radical (unpaired) electrons. The second-order valence-electron chi connectivity index (χ2n) is 12.4. The minimum absolute atomic E-state index is 0.159. The fourth-order valence-corrected chi connectivity index (χ4v) is 6.47. The van der Waals surface area contributed by atoms with Crippen molar-refractivity contribution in [3.63, 3.8) is 0 Å². The summed E-state index contributed by atoms with van der Waals surface area (Å²) < 4.78 is 18.0. The van der Waals surface area contributed by atoms with E-state index in [4.69, 9.17) is 19.2 Å². The molecule has 1 fully saturated rings. The van der Waals surface area contributed by atoms with Crippen LogP contribution in [0.1, 0.15) is 58.8 Å². The van der Waals surface area contributed by atoms with E-state index in [1.165, 1.54) is 4.90 Å². The number of methoxy groups -OCH3 is 1. The van der Waals surface area contributed by atoms with Gasteiger partial charge in [-0.2, -0.15) is 0 Å². The van der Waals surface area contributed by atoms with Crippen molar-refractivity contribution in [2.24, 2.45) is 4.99 Å². The van der Waals surface area contributed by atoms with Crippen LogP contribution in [0.5, 0.6) is 5.75 Å². The summed E-state index contributed by atoms with van der Waals surface area (Å²) in [6.07, 6.45) is 15.4. The summed E-state index contributed by atoms with van der Waals surface area (Å²) in [7, 11) is 3.33. The van der Waals surface area contributed by atoms with E-state index >= 15 is 0 Å². The van der Waals surface area contributed by atoms with Gasteiger partial charge in [0.25, 0.3) is 0 Å². The van der Waals surface area contributed by atoms with Crippen LogP contribution in [-0.2, 0) is 23.9 Å². The van der Waals surface area contributed by atoms with E-state index in [2.05, 4.69) is 28.9 Å². The van der Waals surface area contributed by atoms with E-state index in [0.717, 1.165) is 34.9 Å². The Bertz CT molecular complexity index is 1690. The summed E-state index contributed by atoms with van der Waals surface area (Å²) in [4.78, 5) is 46.6. The lowest BCUT2D eigenvalue weighted by atomic mass is 10.0. The third-order valence-corrected chi connectivity index (χ3v) is 9.10. The summed E-state index contributed by atoms with van der Waals surface area (Å²) >= 11 is 0. The zero-order chi connectivity index (χ0) is 34.2. The summed E-state index contributed by atoms with van der Waals surface area (Å²) in [5.41, 5.74) is 2.80. The molecule has 11 nitrogen and oxygen atoms in total. The van der Waals surface area contributed by atoms with Crippen molar-refractivity contribution in [3.8, 4) is 5.75 Å². The number of carbonyl (C=O) groups is 3. The van der Waals surface area contributed by atoms with Gasteiger partial charge in [0.05, 0.1) is 43.1 Å². The lowest BCUT2D eigenvalue weighted by molar-refractivity contribution is -0.144. The molecule has 5 rings (SSSR count). The first-order valence-electron chi connectivity index (χ1n) is 16.7. The molecule has 0 spiro atoms. The van der Waals surface area contributed by atoms with Gasteiger partial charge < -0.3 is 34.9 Å². The molecule has 1 saturated heterocycles. The average Bonchev–Trinajstić information content (AvgIpc) is 3.43. The minimum atomic E-state index is -1.14. The number of aliphatic carboxylic acids is 1. The van der Waals surface area contributed by atoms with E-state index in [1.54, 1.807) is 14.2 Å². The number of nitrogens with zero attached hydrogens (tertiary/aromatic N) is 2. The molecule has 4 aliphatic rings. The number of nitrogens with one attached hydrogen (secondary N) is 2. The summed E-state index contributed by atoms with van der Waals surface area (Å²) in [5, 5.41) is 17.3. The topological polar surface area (TPSA) is 139 Å². The Morgan fingerprint density at radius 2 is 2.06 bits per heavy atom. The molecule has 0 bridgehead atoms. The molecule has 3 N–H and O–H groups in total. The first-order chi connectivity index (χ1) is 23.2. The maximum Gasteiger partial charge on any atom is 0.326 e. The van der Waals surface area contributed by atoms with Gasteiger partial charge in [-0.1, -0.05) is 30.4 Å². The molecular weight excluding hydrogens is 612 g/mol. The van der Waals surface area contributed by atoms with E-state index in [-0.39, 0.29) is 25.3 Å².